The number of nitrogens with one attached hydrogen (secondary N) is 1. The second-order valence-electron chi connectivity index (χ2n) is 3.53. The molecule has 0 radical (unpaired) electrons. The second kappa shape index (κ2) is 4.49. The van der Waals surface area contributed by atoms with E-state index in [1.165, 1.54) is 12.1 Å². The zero-order valence-corrected chi connectivity index (χ0v) is 10.6. The minimum atomic E-state index is -0.720. The van der Waals surface area contributed by atoms with Gasteiger partial charge in [0.1, 0.15) is 5.82 Å². The molecule has 1 rings (SSSR count). The fourth-order valence-electron chi connectivity index (χ4n) is 0.871. The Hall–Kier alpha value is -0.610. The van der Waals surface area contributed by atoms with Gasteiger partial charge in [0.05, 0.1) is 15.0 Å². The number of alkyl halides is 1. The molecule has 0 saturated carbocycles. The first-order valence-electron chi connectivity index (χ1n) is 4.27. The van der Waals surface area contributed by atoms with E-state index in [9.17, 15) is 9.18 Å². The number of hydrogen-bond donors (Lipinski definition) is 1. The Morgan fingerprint density at radius 3 is 2.67 bits per heavy atom. The monoisotopic (exact) mass is 293 g/mol. The summed E-state index contributed by atoms with van der Waals surface area (Å²) in [6.45, 7) is 3.38. The third-order valence-corrected chi connectivity index (χ3v) is 2.48. The highest BCUT2D eigenvalue weighted by molar-refractivity contribution is 9.10. The number of carbonyl (C=O) groups is 1. The predicted octanol–water partition coefficient (Wildman–Crippen LogP) is 3.59. The lowest BCUT2D eigenvalue weighted by Gasteiger charge is -2.16. The van der Waals surface area contributed by atoms with E-state index in [0.29, 0.717) is 0 Å². The van der Waals surface area contributed by atoms with Gasteiger partial charge in [-0.05, 0) is 26.0 Å². The lowest BCUT2D eigenvalue weighted by atomic mass is 10.2. The molecule has 0 spiro atoms. The largest absolute Gasteiger partial charge is 0.323 e. The highest BCUT2D eigenvalue weighted by Gasteiger charge is 2.24. The maximum absolute atomic E-state index is 13.0. The number of rotatable bonds is 2. The van der Waals surface area contributed by atoms with Crippen molar-refractivity contribution in [3.05, 3.63) is 29.0 Å². The Bertz CT molecular complexity index is 389. The number of anilines is 1. The zero-order valence-electron chi connectivity index (χ0n) is 8.27. The van der Waals surface area contributed by atoms with Crippen LogP contribution in [0.1, 0.15) is 13.8 Å². The van der Waals surface area contributed by atoms with Gasteiger partial charge in [-0.3, -0.25) is 4.79 Å². The molecule has 1 aromatic carbocycles. The molecule has 1 N–H and O–H groups in total. The summed E-state index contributed by atoms with van der Waals surface area (Å²) in [7, 11) is 0. The van der Waals surface area contributed by atoms with E-state index in [4.69, 9.17) is 11.6 Å². The van der Waals surface area contributed by atoms with Crippen LogP contribution in [-0.2, 0) is 4.79 Å². The maximum atomic E-state index is 13.0. The van der Waals surface area contributed by atoms with Gasteiger partial charge in [-0.2, -0.15) is 0 Å². The van der Waals surface area contributed by atoms with Crippen molar-refractivity contribution in [2.45, 2.75) is 18.2 Å². The SMILES string of the molecule is CC(C)(Br)C(=O)Nc1cccc(F)c1Cl. The van der Waals surface area contributed by atoms with Gasteiger partial charge in [0.25, 0.3) is 0 Å². The molecule has 15 heavy (non-hydrogen) atoms. The van der Waals surface area contributed by atoms with Gasteiger partial charge < -0.3 is 5.32 Å². The fourth-order valence-corrected chi connectivity index (χ4v) is 1.14. The Kier molecular flexibility index (Phi) is 3.73. The van der Waals surface area contributed by atoms with Crippen molar-refractivity contribution in [1.82, 2.24) is 0 Å². The van der Waals surface area contributed by atoms with Gasteiger partial charge in [-0.15, -0.1) is 0 Å². The predicted molar refractivity (Wildman–Crippen MR) is 63.0 cm³/mol. The first kappa shape index (κ1) is 12.5. The highest BCUT2D eigenvalue weighted by Crippen LogP contribution is 2.26. The molecular formula is C10H10BrClFNO. The Morgan fingerprint density at radius 2 is 2.13 bits per heavy atom. The van der Waals surface area contributed by atoms with Crippen LogP contribution in [0.15, 0.2) is 18.2 Å². The van der Waals surface area contributed by atoms with Crippen molar-refractivity contribution in [3.63, 3.8) is 0 Å². The van der Waals surface area contributed by atoms with Gasteiger partial charge in [0.2, 0.25) is 5.91 Å². The molecule has 0 aliphatic carbocycles. The van der Waals surface area contributed by atoms with E-state index < -0.39 is 10.1 Å². The molecule has 0 aliphatic heterocycles. The summed E-state index contributed by atoms with van der Waals surface area (Å²) in [5, 5.41) is 2.45. The van der Waals surface area contributed by atoms with Gasteiger partial charge >= 0.3 is 0 Å². The molecular weight excluding hydrogens is 284 g/mol. The Balaban J connectivity index is 2.91. The second-order valence-corrected chi connectivity index (χ2v) is 5.89. The quantitative estimate of drug-likeness (QED) is 0.830. The molecule has 82 valence electrons. The lowest BCUT2D eigenvalue weighted by molar-refractivity contribution is -0.117. The van der Waals surface area contributed by atoms with Crippen LogP contribution in [0.2, 0.25) is 5.02 Å². The van der Waals surface area contributed by atoms with Crippen LogP contribution in [0.4, 0.5) is 10.1 Å². The lowest BCUT2D eigenvalue weighted by Crippen LogP contribution is -2.31. The Labute approximate surface area is 101 Å². The van der Waals surface area contributed by atoms with Crippen molar-refractivity contribution in [2.24, 2.45) is 0 Å². The van der Waals surface area contributed by atoms with Crippen molar-refractivity contribution in [3.8, 4) is 0 Å². The topological polar surface area (TPSA) is 29.1 Å². The average Bonchev–Trinajstić information content (AvgIpc) is 2.11. The number of carbonyl (C=O) groups excluding carboxylic acids is 1. The van der Waals surface area contributed by atoms with Crippen LogP contribution in [0.5, 0.6) is 0 Å². The Morgan fingerprint density at radius 1 is 1.53 bits per heavy atom. The van der Waals surface area contributed by atoms with Gasteiger partial charge in [-0.25, -0.2) is 4.39 Å². The molecule has 1 aromatic rings. The van der Waals surface area contributed by atoms with Crippen LogP contribution in [0.25, 0.3) is 0 Å². The standard InChI is InChI=1S/C10H10BrClFNO/c1-10(2,11)9(15)14-7-5-3-4-6(13)8(7)12/h3-5H,1-2H3,(H,14,15). The smallest absolute Gasteiger partial charge is 0.240 e. The van der Waals surface area contributed by atoms with Crippen LogP contribution in [-0.4, -0.2) is 10.2 Å². The molecule has 0 aliphatic rings. The summed E-state index contributed by atoms with van der Waals surface area (Å²) in [6.07, 6.45) is 0. The van der Waals surface area contributed by atoms with E-state index in [1.807, 2.05) is 0 Å². The van der Waals surface area contributed by atoms with Gasteiger partial charge in [0, 0.05) is 0 Å². The summed E-state index contributed by atoms with van der Waals surface area (Å²) in [4.78, 5) is 11.6. The van der Waals surface area contributed by atoms with E-state index in [2.05, 4.69) is 21.2 Å². The first-order chi connectivity index (χ1) is 6.82. The van der Waals surface area contributed by atoms with Crippen molar-refractivity contribution in [2.75, 3.05) is 5.32 Å². The van der Waals surface area contributed by atoms with Crippen LogP contribution >= 0.6 is 27.5 Å². The van der Waals surface area contributed by atoms with Crippen LogP contribution in [0, 0.1) is 5.82 Å². The molecule has 0 atom stereocenters. The highest BCUT2D eigenvalue weighted by atomic mass is 79.9. The summed E-state index contributed by atoms with van der Waals surface area (Å²) in [6, 6.07) is 4.26. The third-order valence-electron chi connectivity index (χ3n) is 1.74. The summed E-state index contributed by atoms with van der Waals surface area (Å²) in [5.74, 6) is -0.836. The van der Waals surface area contributed by atoms with E-state index >= 15 is 0 Å². The molecule has 0 aromatic heterocycles. The van der Waals surface area contributed by atoms with Crippen molar-refractivity contribution < 1.29 is 9.18 Å². The fraction of sp³-hybridized carbons (Fsp3) is 0.300. The minimum Gasteiger partial charge on any atom is -0.323 e. The molecule has 0 saturated heterocycles. The average molecular weight is 295 g/mol. The molecule has 5 heteroatoms. The maximum Gasteiger partial charge on any atom is 0.240 e. The van der Waals surface area contributed by atoms with E-state index in [0.717, 1.165) is 0 Å². The van der Waals surface area contributed by atoms with Gasteiger partial charge in [-0.1, -0.05) is 33.6 Å². The molecule has 0 unspecified atom stereocenters. The third kappa shape index (κ3) is 3.18. The summed E-state index contributed by atoms with van der Waals surface area (Å²) >= 11 is 8.88. The first-order valence-corrected chi connectivity index (χ1v) is 5.44. The van der Waals surface area contributed by atoms with Crippen LogP contribution in [0.3, 0.4) is 0 Å². The van der Waals surface area contributed by atoms with Crippen molar-refractivity contribution >= 4 is 39.1 Å². The molecule has 0 bridgehead atoms. The van der Waals surface area contributed by atoms with Gasteiger partial charge in [0.15, 0.2) is 0 Å². The normalized spacial score (nSPS) is 11.3. The molecule has 1 amide bonds. The van der Waals surface area contributed by atoms with Crippen LogP contribution < -0.4 is 5.32 Å². The molecule has 0 fully saturated rings. The van der Waals surface area contributed by atoms with Crippen molar-refractivity contribution in [1.29, 1.82) is 0 Å². The minimum absolute atomic E-state index is 0.0809. The zero-order chi connectivity index (χ0) is 11.6. The van der Waals surface area contributed by atoms with E-state index in [-0.39, 0.29) is 16.6 Å². The number of benzene rings is 1. The summed E-state index contributed by atoms with van der Waals surface area (Å²) < 4.78 is 12.3. The summed E-state index contributed by atoms with van der Waals surface area (Å²) in [5.41, 5.74) is 0.272. The number of hydrogen-bond acceptors (Lipinski definition) is 1. The molecule has 0 heterocycles. The number of amides is 1. The number of halogens is 3. The van der Waals surface area contributed by atoms with E-state index in [1.54, 1.807) is 19.9 Å². The molecule has 2 nitrogen and oxygen atoms in total.